The van der Waals surface area contributed by atoms with Crippen LogP contribution >= 0.6 is 11.6 Å². The van der Waals surface area contributed by atoms with Gasteiger partial charge >= 0.3 is 0 Å². The molecule has 5 heteroatoms. The maximum absolute atomic E-state index is 9.75. The quantitative estimate of drug-likeness (QED) is 0.790. The summed E-state index contributed by atoms with van der Waals surface area (Å²) < 4.78 is 4.93. The van der Waals surface area contributed by atoms with E-state index in [1.807, 2.05) is 37.2 Å². The average molecular weight is 273 g/mol. The third kappa shape index (κ3) is 4.46. The molecule has 1 rings (SSSR count). The lowest BCUT2D eigenvalue weighted by atomic mass is 10.1. The molecule has 2 N–H and O–H groups in total. The summed E-state index contributed by atoms with van der Waals surface area (Å²) in [4.78, 5) is 2.01. The lowest BCUT2D eigenvalue weighted by Crippen LogP contribution is -2.32. The molecule has 0 fully saturated rings. The van der Waals surface area contributed by atoms with E-state index in [0.29, 0.717) is 13.2 Å². The fraction of sp³-hybridized carbons (Fsp3) is 0.538. The van der Waals surface area contributed by atoms with Gasteiger partial charge < -0.3 is 20.1 Å². The molecule has 0 saturated heterocycles. The smallest absolute Gasteiger partial charge is 0.0947 e. The summed E-state index contributed by atoms with van der Waals surface area (Å²) in [6.07, 6.45) is -0.502. The molecule has 1 atom stereocenters. The van der Waals surface area contributed by atoms with Gasteiger partial charge in [0.05, 0.1) is 12.7 Å². The molecule has 0 aliphatic carbocycles. The normalized spacial score (nSPS) is 12.5. The number of aliphatic hydroxyl groups is 1. The molecule has 0 spiro atoms. The first kappa shape index (κ1) is 15.2. The van der Waals surface area contributed by atoms with Crippen LogP contribution in [0.15, 0.2) is 18.2 Å². The zero-order chi connectivity index (χ0) is 13.5. The van der Waals surface area contributed by atoms with Crippen molar-refractivity contribution in [2.24, 2.45) is 0 Å². The Morgan fingerprint density at radius 1 is 1.50 bits per heavy atom. The predicted octanol–water partition coefficient (Wildman–Crippen LogP) is 1.50. The van der Waals surface area contributed by atoms with Crippen LogP contribution in [0.25, 0.3) is 0 Å². The van der Waals surface area contributed by atoms with E-state index in [2.05, 4.69) is 5.32 Å². The second-order valence-corrected chi connectivity index (χ2v) is 4.73. The topological polar surface area (TPSA) is 44.7 Å². The van der Waals surface area contributed by atoms with Crippen molar-refractivity contribution >= 4 is 17.3 Å². The van der Waals surface area contributed by atoms with E-state index < -0.39 is 6.10 Å². The molecule has 4 nitrogen and oxygen atoms in total. The number of anilines is 1. The van der Waals surface area contributed by atoms with Crippen LogP contribution in [0, 0.1) is 0 Å². The third-order valence-electron chi connectivity index (χ3n) is 2.66. The van der Waals surface area contributed by atoms with Crippen LogP contribution in [-0.4, -0.2) is 45.6 Å². The molecule has 0 saturated carbocycles. The van der Waals surface area contributed by atoms with E-state index in [1.54, 1.807) is 7.11 Å². The highest BCUT2D eigenvalue weighted by Gasteiger charge is 2.12. The minimum Gasteiger partial charge on any atom is -0.389 e. The molecule has 0 radical (unpaired) electrons. The summed E-state index contributed by atoms with van der Waals surface area (Å²) in [5.74, 6) is 0. The minimum atomic E-state index is -0.502. The Kier molecular flexibility index (Phi) is 6.43. The summed E-state index contributed by atoms with van der Waals surface area (Å²) in [7, 11) is 5.42. The molecule has 102 valence electrons. The molecule has 1 aromatic carbocycles. The highest BCUT2D eigenvalue weighted by atomic mass is 35.5. The fourth-order valence-corrected chi connectivity index (χ4v) is 2.11. The number of nitrogens with one attached hydrogen (secondary N) is 1. The molecule has 0 aliphatic heterocycles. The standard InChI is InChI=1S/C13H21ClN2O2/c1-15-7-10-6-11(14)4-5-13(10)16(2)8-12(17)9-18-3/h4-6,12,15,17H,7-9H2,1-3H3. The van der Waals surface area contributed by atoms with E-state index in [1.165, 1.54) is 0 Å². The highest BCUT2D eigenvalue weighted by molar-refractivity contribution is 6.30. The second kappa shape index (κ2) is 7.59. The Labute approximate surface area is 114 Å². The Hall–Kier alpha value is -0.810. The molecule has 0 bridgehead atoms. The van der Waals surface area contributed by atoms with Crippen molar-refractivity contribution < 1.29 is 9.84 Å². The lowest BCUT2D eigenvalue weighted by molar-refractivity contribution is 0.0695. The van der Waals surface area contributed by atoms with Crippen LogP contribution < -0.4 is 10.2 Å². The highest BCUT2D eigenvalue weighted by Crippen LogP contribution is 2.23. The molecule has 1 aromatic rings. The van der Waals surface area contributed by atoms with Gasteiger partial charge in [0.25, 0.3) is 0 Å². The summed E-state index contributed by atoms with van der Waals surface area (Å²) in [6, 6.07) is 5.76. The van der Waals surface area contributed by atoms with Crippen LogP contribution in [0.2, 0.25) is 5.02 Å². The van der Waals surface area contributed by atoms with Gasteiger partial charge in [0.1, 0.15) is 0 Å². The molecule has 1 unspecified atom stereocenters. The maximum atomic E-state index is 9.75. The Morgan fingerprint density at radius 3 is 2.83 bits per heavy atom. The summed E-state index contributed by atoms with van der Waals surface area (Å²) in [5, 5.41) is 13.6. The zero-order valence-electron chi connectivity index (χ0n) is 11.1. The summed E-state index contributed by atoms with van der Waals surface area (Å²) in [6.45, 7) is 1.59. The van der Waals surface area contributed by atoms with Crippen LogP contribution in [0.4, 0.5) is 5.69 Å². The summed E-state index contributed by atoms with van der Waals surface area (Å²) in [5.41, 5.74) is 2.17. The number of aliphatic hydroxyl groups excluding tert-OH is 1. The van der Waals surface area contributed by atoms with Crippen molar-refractivity contribution in [2.75, 3.05) is 39.3 Å². The van der Waals surface area contributed by atoms with Gasteiger partial charge in [-0.15, -0.1) is 0 Å². The molecular weight excluding hydrogens is 252 g/mol. The molecular formula is C13H21ClN2O2. The van der Waals surface area contributed by atoms with Crippen LogP contribution in [0.1, 0.15) is 5.56 Å². The van der Waals surface area contributed by atoms with Crippen LogP contribution in [0.3, 0.4) is 0 Å². The number of nitrogens with zero attached hydrogens (tertiary/aromatic N) is 1. The van der Waals surface area contributed by atoms with Gasteiger partial charge in [-0.25, -0.2) is 0 Å². The Bertz CT molecular complexity index is 374. The first-order valence-electron chi connectivity index (χ1n) is 5.89. The monoisotopic (exact) mass is 272 g/mol. The van der Waals surface area contributed by atoms with Crippen molar-refractivity contribution in [3.63, 3.8) is 0 Å². The van der Waals surface area contributed by atoms with Crippen LogP contribution in [-0.2, 0) is 11.3 Å². The molecule has 0 aromatic heterocycles. The fourth-order valence-electron chi connectivity index (χ4n) is 1.92. The SMILES string of the molecule is CNCc1cc(Cl)ccc1N(C)CC(O)COC. The van der Waals surface area contributed by atoms with E-state index in [4.69, 9.17) is 16.3 Å². The van der Waals surface area contributed by atoms with Gasteiger partial charge in [0.15, 0.2) is 0 Å². The number of methoxy groups -OCH3 is 1. The van der Waals surface area contributed by atoms with E-state index in [-0.39, 0.29) is 0 Å². The minimum absolute atomic E-state index is 0.333. The average Bonchev–Trinajstić information content (AvgIpc) is 2.29. The number of hydrogen-bond donors (Lipinski definition) is 2. The number of hydrogen-bond acceptors (Lipinski definition) is 4. The number of benzene rings is 1. The summed E-state index contributed by atoms with van der Waals surface area (Å²) >= 11 is 6.00. The van der Waals surface area contributed by atoms with Gasteiger partial charge in [-0.1, -0.05) is 11.6 Å². The first-order valence-corrected chi connectivity index (χ1v) is 6.27. The Morgan fingerprint density at radius 2 is 2.22 bits per heavy atom. The van der Waals surface area contributed by atoms with Crippen molar-refractivity contribution in [1.82, 2.24) is 5.32 Å². The number of ether oxygens (including phenoxy) is 1. The van der Waals surface area contributed by atoms with Crippen molar-refractivity contribution in [2.45, 2.75) is 12.6 Å². The van der Waals surface area contributed by atoms with E-state index >= 15 is 0 Å². The molecule has 18 heavy (non-hydrogen) atoms. The van der Waals surface area contributed by atoms with Gasteiger partial charge in [-0.2, -0.15) is 0 Å². The third-order valence-corrected chi connectivity index (χ3v) is 2.90. The lowest BCUT2D eigenvalue weighted by Gasteiger charge is -2.25. The van der Waals surface area contributed by atoms with Crippen molar-refractivity contribution in [3.05, 3.63) is 28.8 Å². The number of likely N-dealkylation sites (N-methyl/N-ethyl adjacent to an activating group) is 1. The Balaban J connectivity index is 2.80. The molecule has 0 heterocycles. The van der Waals surface area contributed by atoms with Gasteiger partial charge in [-0.3, -0.25) is 0 Å². The van der Waals surface area contributed by atoms with E-state index in [0.717, 1.165) is 22.8 Å². The van der Waals surface area contributed by atoms with Gasteiger partial charge in [-0.05, 0) is 30.8 Å². The zero-order valence-corrected chi connectivity index (χ0v) is 11.9. The molecule has 0 aliphatic rings. The van der Waals surface area contributed by atoms with Gasteiger partial charge in [0.2, 0.25) is 0 Å². The van der Waals surface area contributed by atoms with Crippen LogP contribution in [0.5, 0.6) is 0 Å². The maximum Gasteiger partial charge on any atom is 0.0947 e. The second-order valence-electron chi connectivity index (χ2n) is 4.29. The van der Waals surface area contributed by atoms with Gasteiger partial charge in [0, 0.05) is 38.0 Å². The number of halogens is 1. The first-order chi connectivity index (χ1) is 8.58. The van der Waals surface area contributed by atoms with E-state index in [9.17, 15) is 5.11 Å². The number of rotatable bonds is 7. The van der Waals surface area contributed by atoms with Crippen molar-refractivity contribution in [1.29, 1.82) is 0 Å². The largest absolute Gasteiger partial charge is 0.389 e. The predicted molar refractivity (Wildman–Crippen MR) is 75.4 cm³/mol. The van der Waals surface area contributed by atoms with Crippen molar-refractivity contribution in [3.8, 4) is 0 Å². The molecule has 0 amide bonds.